The van der Waals surface area contributed by atoms with Crippen LogP contribution in [-0.2, 0) is 0 Å². The zero-order valence-electron chi connectivity index (χ0n) is 9.89. The fraction of sp³-hybridized carbons (Fsp3) is 1.00. The van der Waals surface area contributed by atoms with Gasteiger partial charge in [0.1, 0.15) is 0 Å². The second-order valence-corrected chi connectivity index (χ2v) is 4.98. The van der Waals surface area contributed by atoms with Gasteiger partial charge in [-0.1, -0.05) is 13.3 Å². The standard InChI is InChI=1S/C11H22F2N2/c1-4-5-9-6-15(7-10(12)13)11(2,3)8-14-9/h9-10,14H,4-8H2,1-3H3. The number of hydrogen-bond acceptors (Lipinski definition) is 2. The van der Waals surface area contributed by atoms with E-state index in [2.05, 4.69) is 12.2 Å². The summed E-state index contributed by atoms with van der Waals surface area (Å²) in [6.07, 6.45) is -0.0687. The lowest BCUT2D eigenvalue weighted by atomic mass is 9.96. The molecule has 0 bridgehead atoms. The molecule has 0 aromatic heterocycles. The van der Waals surface area contributed by atoms with Gasteiger partial charge in [-0.15, -0.1) is 0 Å². The maximum absolute atomic E-state index is 12.4. The lowest BCUT2D eigenvalue weighted by molar-refractivity contribution is 0.00596. The van der Waals surface area contributed by atoms with Gasteiger partial charge in [-0.05, 0) is 20.3 Å². The maximum atomic E-state index is 12.4. The summed E-state index contributed by atoms with van der Waals surface area (Å²) in [5.41, 5.74) is -0.152. The molecule has 1 aliphatic rings. The van der Waals surface area contributed by atoms with Crippen molar-refractivity contribution >= 4 is 0 Å². The van der Waals surface area contributed by atoms with Crippen molar-refractivity contribution in [2.45, 2.75) is 51.6 Å². The molecule has 0 aliphatic carbocycles. The predicted octanol–water partition coefficient (Wildman–Crippen LogP) is 2.10. The Balaban J connectivity index is 2.53. The summed E-state index contributed by atoms with van der Waals surface area (Å²) in [7, 11) is 0. The zero-order chi connectivity index (χ0) is 11.5. The molecule has 1 aliphatic heterocycles. The SMILES string of the molecule is CCCC1CN(CC(F)F)C(C)(C)CN1. The van der Waals surface area contributed by atoms with Gasteiger partial charge in [0.2, 0.25) is 0 Å². The Bertz CT molecular complexity index is 195. The van der Waals surface area contributed by atoms with Crippen LogP contribution in [0, 0.1) is 0 Å². The lowest BCUT2D eigenvalue weighted by Gasteiger charge is -2.46. The summed E-state index contributed by atoms with van der Waals surface area (Å²) in [6, 6.07) is 0.377. The summed E-state index contributed by atoms with van der Waals surface area (Å²) >= 11 is 0. The van der Waals surface area contributed by atoms with Crippen LogP contribution in [0.1, 0.15) is 33.6 Å². The molecule has 1 unspecified atom stereocenters. The number of halogens is 2. The Morgan fingerprint density at radius 3 is 2.67 bits per heavy atom. The second-order valence-electron chi connectivity index (χ2n) is 4.98. The third kappa shape index (κ3) is 3.68. The smallest absolute Gasteiger partial charge is 0.251 e. The quantitative estimate of drug-likeness (QED) is 0.780. The van der Waals surface area contributed by atoms with E-state index in [0.717, 1.165) is 25.9 Å². The Labute approximate surface area is 91.0 Å². The van der Waals surface area contributed by atoms with Crippen LogP contribution in [0.25, 0.3) is 0 Å². The topological polar surface area (TPSA) is 15.3 Å². The first kappa shape index (κ1) is 12.8. The number of nitrogens with one attached hydrogen (secondary N) is 1. The minimum atomic E-state index is -2.23. The van der Waals surface area contributed by atoms with Crippen molar-refractivity contribution in [2.75, 3.05) is 19.6 Å². The monoisotopic (exact) mass is 220 g/mol. The highest BCUT2D eigenvalue weighted by molar-refractivity contribution is 4.92. The van der Waals surface area contributed by atoms with Gasteiger partial charge in [-0.2, -0.15) is 0 Å². The molecule has 4 heteroatoms. The van der Waals surface area contributed by atoms with E-state index in [1.165, 1.54) is 0 Å². The first-order chi connectivity index (χ1) is 6.95. The molecule has 1 N–H and O–H groups in total. The van der Waals surface area contributed by atoms with Crippen LogP contribution >= 0.6 is 0 Å². The number of alkyl halides is 2. The van der Waals surface area contributed by atoms with E-state index in [4.69, 9.17) is 0 Å². The van der Waals surface area contributed by atoms with Crippen molar-refractivity contribution in [3.05, 3.63) is 0 Å². The number of rotatable bonds is 4. The van der Waals surface area contributed by atoms with Crippen LogP contribution < -0.4 is 5.32 Å². The first-order valence-electron chi connectivity index (χ1n) is 5.72. The second kappa shape index (κ2) is 5.21. The van der Waals surface area contributed by atoms with Crippen LogP contribution in [-0.4, -0.2) is 42.5 Å². The fourth-order valence-corrected chi connectivity index (χ4v) is 2.11. The Kier molecular flexibility index (Phi) is 4.46. The molecule has 1 rings (SSSR count). The Hall–Kier alpha value is -0.220. The van der Waals surface area contributed by atoms with Crippen molar-refractivity contribution < 1.29 is 8.78 Å². The van der Waals surface area contributed by atoms with Gasteiger partial charge in [0.25, 0.3) is 6.43 Å². The normalized spacial score (nSPS) is 27.2. The fourth-order valence-electron chi connectivity index (χ4n) is 2.11. The molecule has 15 heavy (non-hydrogen) atoms. The van der Waals surface area contributed by atoms with Gasteiger partial charge in [0, 0.05) is 24.7 Å². The van der Waals surface area contributed by atoms with Gasteiger partial charge in [0.05, 0.1) is 6.54 Å². The van der Waals surface area contributed by atoms with E-state index < -0.39 is 6.43 Å². The van der Waals surface area contributed by atoms with Crippen LogP contribution in [0.3, 0.4) is 0 Å². The Morgan fingerprint density at radius 2 is 2.13 bits per heavy atom. The highest BCUT2D eigenvalue weighted by Crippen LogP contribution is 2.21. The zero-order valence-corrected chi connectivity index (χ0v) is 9.89. The molecule has 0 spiro atoms. The van der Waals surface area contributed by atoms with E-state index in [-0.39, 0.29) is 12.1 Å². The van der Waals surface area contributed by atoms with E-state index in [9.17, 15) is 8.78 Å². The van der Waals surface area contributed by atoms with E-state index in [1.54, 1.807) is 0 Å². The van der Waals surface area contributed by atoms with E-state index >= 15 is 0 Å². The molecule has 0 saturated carbocycles. The average molecular weight is 220 g/mol. The van der Waals surface area contributed by atoms with E-state index in [1.807, 2.05) is 18.7 Å². The van der Waals surface area contributed by atoms with Gasteiger partial charge in [-0.3, -0.25) is 4.90 Å². The van der Waals surface area contributed by atoms with Crippen molar-refractivity contribution in [2.24, 2.45) is 0 Å². The van der Waals surface area contributed by atoms with Gasteiger partial charge >= 0.3 is 0 Å². The van der Waals surface area contributed by atoms with Crippen LogP contribution in [0.15, 0.2) is 0 Å². The molecule has 1 heterocycles. The van der Waals surface area contributed by atoms with E-state index in [0.29, 0.717) is 6.04 Å². The molecule has 1 saturated heterocycles. The molecule has 1 atom stereocenters. The summed E-state index contributed by atoms with van der Waals surface area (Å²) in [5, 5.41) is 3.43. The van der Waals surface area contributed by atoms with Crippen molar-refractivity contribution in [3.63, 3.8) is 0 Å². The minimum Gasteiger partial charge on any atom is -0.311 e. The number of hydrogen-bond donors (Lipinski definition) is 1. The molecule has 1 fully saturated rings. The van der Waals surface area contributed by atoms with Crippen LogP contribution in [0.4, 0.5) is 8.78 Å². The molecule has 2 nitrogen and oxygen atoms in total. The Morgan fingerprint density at radius 1 is 1.47 bits per heavy atom. The van der Waals surface area contributed by atoms with Gasteiger partial charge in [-0.25, -0.2) is 8.78 Å². The van der Waals surface area contributed by atoms with Crippen LogP contribution in [0.2, 0.25) is 0 Å². The molecule has 0 radical (unpaired) electrons. The third-order valence-corrected chi connectivity index (χ3v) is 3.12. The lowest BCUT2D eigenvalue weighted by Crippen LogP contribution is -2.62. The minimum absolute atomic E-state index is 0.102. The average Bonchev–Trinajstić information content (AvgIpc) is 2.11. The summed E-state index contributed by atoms with van der Waals surface area (Å²) in [4.78, 5) is 1.91. The van der Waals surface area contributed by atoms with Gasteiger partial charge in [0.15, 0.2) is 0 Å². The summed E-state index contributed by atoms with van der Waals surface area (Å²) < 4.78 is 24.8. The van der Waals surface area contributed by atoms with Crippen molar-refractivity contribution in [1.29, 1.82) is 0 Å². The molecule has 90 valence electrons. The molecular formula is C11H22F2N2. The number of piperazine rings is 1. The van der Waals surface area contributed by atoms with Crippen LogP contribution in [0.5, 0.6) is 0 Å². The maximum Gasteiger partial charge on any atom is 0.251 e. The molecule has 0 aromatic rings. The first-order valence-corrected chi connectivity index (χ1v) is 5.72. The summed E-state index contributed by atoms with van der Waals surface area (Å²) in [6.45, 7) is 7.60. The summed E-state index contributed by atoms with van der Waals surface area (Å²) in [5.74, 6) is 0. The van der Waals surface area contributed by atoms with Crippen molar-refractivity contribution in [1.82, 2.24) is 10.2 Å². The molecule has 0 aromatic carbocycles. The van der Waals surface area contributed by atoms with Crippen molar-refractivity contribution in [3.8, 4) is 0 Å². The highest BCUT2D eigenvalue weighted by atomic mass is 19.3. The van der Waals surface area contributed by atoms with Gasteiger partial charge < -0.3 is 5.32 Å². The predicted molar refractivity (Wildman–Crippen MR) is 58.4 cm³/mol. The number of nitrogens with zero attached hydrogens (tertiary/aromatic N) is 1. The largest absolute Gasteiger partial charge is 0.311 e. The third-order valence-electron chi connectivity index (χ3n) is 3.12. The molecular weight excluding hydrogens is 198 g/mol. The highest BCUT2D eigenvalue weighted by Gasteiger charge is 2.34. The molecule has 0 amide bonds.